The molecule has 7 aromatic carbocycles. The quantitative estimate of drug-likeness (QED) is 0.150. The predicted octanol–water partition coefficient (Wildman–Crippen LogP) is 10.4. The van der Waals surface area contributed by atoms with Gasteiger partial charge in [0, 0.05) is 37.1 Å². The Morgan fingerprint density at radius 2 is 1.30 bits per heavy atom. The molecule has 0 bridgehead atoms. The average Bonchev–Trinajstić information content (AvgIpc) is 3.47. The maximum absolute atomic E-state index is 5.23. The summed E-state index contributed by atoms with van der Waals surface area (Å²) in [5.74, 6) is 1.54. The van der Waals surface area contributed by atoms with Gasteiger partial charge in [0.05, 0.1) is 16.6 Å². The molecule has 0 amide bonds. The average molecular weight is 654 g/mol. The number of aromatic nitrogens is 1. The number of hydrogen-bond acceptors (Lipinski definition) is 3. The maximum atomic E-state index is 5.23. The Labute approximate surface area is 272 Å². The lowest BCUT2D eigenvalue weighted by Crippen LogP contribution is -2.33. The molecular weight excluding hydrogens is 628 g/mol. The van der Waals surface area contributed by atoms with E-state index < -0.39 is 0 Å². The van der Waals surface area contributed by atoms with Crippen LogP contribution in [-0.4, -0.2) is 16.1 Å². The number of amidine groups is 2. The third kappa shape index (κ3) is 3.66. The van der Waals surface area contributed by atoms with E-state index in [4.69, 9.17) is 9.98 Å². The highest BCUT2D eigenvalue weighted by Gasteiger charge is 2.24. The van der Waals surface area contributed by atoms with Crippen molar-refractivity contribution < 1.29 is 0 Å². The van der Waals surface area contributed by atoms with Gasteiger partial charge < -0.3 is 9.72 Å². The van der Waals surface area contributed by atoms with E-state index in [-0.39, 0.29) is 6.17 Å². The normalized spacial score (nSPS) is 15.3. The van der Waals surface area contributed by atoms with Crippen molar-refractivity contribution in [1.82, 2.24) is 9.72 Å². The predicted molar refractivity (Wildman–Crippen MR) is 196 cm³/mol. The lowest BCUT2D eigenvalue weighted by atomic mass is 9.97. The molecule has 216 valence electrons. The van der Waals surface area contributed by atoms with Gasteiger partial charge in [-0.3, -0.25) is 0 Å². The third-order valence-corrected chi connectivity index (χ3v) is 10.1. The molecule has 1 aliphatic rings. The Morgan fingerprint density at radius 1 is 0.587 bits per heavy atom. The number of fused-ring (bicyclic) bond motifs is 7. The topological polar surface area (TPSA) is 41.2 Å². The molecule has 10 rings (SSSR count). The lowest BCUT2D eigenvalue weighted by molar-refractivity contribution is 0.674. The highest BCUT2D eigenvalue weighted by atomic mass is 79.9. The molecule has 1 unspecified atom stereocenters. The Morgan fingerprint density at radius 3 is 2.22 bits per heavy atom. The number of nitrogens with one attached hydrogen (secondary N) is 1. The number of benzene rings is 7. The van der Waals surface area contributed by atoms with E-state index in [1.807, 2.05) is 6.07 Å². The van der Waals surface area contributed by atoms with Crippen LogP contribution in [0.15, 0.2) is 154 Å². The van der Waals surface area contributed by atoms with Crippen molar-refractivity contribution in [2.75, 3.05) is 0 Å². The van der Waals surface area contributed by atoms with Gasteiger partial charge in [-0.2, -0.15) is 0 Å². The minimum absolute atomic E-state index is 0.273. The molecule has 3 heterocycles. The Balaban J connectivity index is 1.27. The van der Waals surface area contributed by atoms with Gasteiger partial charge >= 0.3 is 0 Å². The van der Waals surface area contributed by atoms with E-state index in [2.05, 4.69) is 159 Å². The molecule has 0 saturated heterocycles. The van der Waals surface area contributed by atoms with Crippen molar-refractivity contribution in [2.45, 2.75) is 6.17 Å². The first-order valence-corrected chi connectivity index (χ1v) is 16.3. The zero-order valence-electron chi connectivity index (χ0n) is 24.6. The molecule has 0 saturated carbocycles. The van der Waals surface area contributed by atoms with Gasteiger partial charge in [0.1, 0.15) is 12.0 Å². The van der Waals surface area contributed by atoms with E-state index in [1.165, 1.54) is 48.7 Å². The second kappa shape index (κ2) is 9.74. The number of aliphatic imine (C=N–C) groups is 2. The zero-order chi connectivity index (χ0) is 30.4. The molecule has 0 aliphatic carbocycles. The highest BCUT2D eigenvalue weighted by Crippen LogP contribution is 2.43. The summed E-state index contributed by atoms with van der Waals surface area (Å²) in [7, 11) is 0. The molecule has 2 aromatic heterocycles. The SMILES string of the molecule is Brc1ccc2c3ccc(C4=NC(c5ccccc5)NC(c5cccc6ccccc56)=N4)cc3n3c4ccccc4c4ccc1c2c43. The first-order chi connectivity index (χ1) is 22.7. The van der Waals surface area contributed by atoms with Crippen LogP contribution in [-0.2, 0) is 0 Å². The molecule has 0 radical (unpaired) electrons. The summed E-state index contributed by atoms with van der Waals surface area (Å²) in [6.07, 6.45) is -0.273. The van der Waals surface area contributed by atoms with E-state index in [9.17, 15) is 0 Å². The molecule has 4 nitrogen and oxygen atoms in total. The number of pyridine rings is 1. The molecule has 46 heavy (non-hydrogen) atoms. The first-order valence-electron chi connectivity index (χ1n) is 15.5. The fraction of sp³-hybridized carbons (Fsp3) is 0.0244. The molecule has 1 atom stereocenters. The fourth-order valence-corrected chi connectivity index (χ4v) is 7.83. The monoisotopic (exact) mass is 652 g/mol. The van der Waals surface area contributed by atoms with Crippen LogP contribution in [0, 0.1) is 0 Å². The fourth-order valence-electron chi connectivity index (χ4n) is 7.37. The Bertz CT molecular complexity index is 2730. The molecule has 0 fully saturated rings. The van der Waals surface area contributed by atoms with E-state index in [0.29, 0.717) is 5.84 Å². The largest absolute Gasteiger partial charge is 0.344 e. The smallest absolute Gasteiger partial charge is 0.159 e. The van der Waals surface area contributed by atoms with Gasteiger partial charge in [-0.25, -0.2) is 9.98 Å². The Hall–Kier alpha value is -5.52. The minimum Gasteiger partial charge on any atom is -0.344 e. The molecule has 0 spiro atoms. The molecule has 1 N–H and O–H groups in total. The van der Waals surface area contributed by atoms with E-state index in [1.54, 1.807) is 0 Å². The van der Waals surface area contributed by atoms with Crippen LogP contribution in [0.2, 0.25) is 0 Å². The van der Waals surface area contributed by atoms with Crippen LogP contribution >= 0.6 is 15.9 Å². The molecule has 5 heteroatoms. The number of rotatable bonds is 3. The maximum Gasteiger partial charge on any atom is 0.159 e. The van der Waals surface area contributed by atoms with Crippen LogP contribution < -0.4 is 5.32 Å². The van der Waals surface area contributed by atoms with Crippen molar-refractivity contribution in [3.63, 3.8) is 0 Å². The summed E-state index contributed by atoms with van der Waals surface area (Å²) in [5, 5.41) is 13.5. The van der Waals surface area contributed by atoms with Crippen molar-refractivity contribution >= 4 is 87.2 Å². The Kier molecular flexibility index (Phi) is 5.46. The summed E-state index contributed by atoms with van der Waals surface area (Å²) in [4.78, 5) is 10.5. The zero-order valence-corrected chi connectivity index (χ0v) is 26.2. The van der Waals surface area contributed by atoms with Crippen molar-refractivity contribution in [1.29, 1.82) is 0 Å². The summed E-state index contributed by atoms with van der Waals surface area (Å²) < 4.78 is 3.55. The second-order valence-corrected chi connectivity index (χ2v) is 12.8. The van der Waals surface area contributed by atoms with Crippen LogP contribution in [0.4, 0.5) is 0 Å². The van der Waals surface area contributed by atoms with Gasteiger partial charge in [-0.1, -0.05) is 137 Å². The van der Waals surface area contributed by atoms with Crippen LogP contribution in [0.25, 0.3) is 59.6 Å². The first kappa shape index (κ1) is 25.8. The number of nitrogens with zero attached hydrogens (tertiary/aromatic N) is 3. The summed E-state index contributed by atoms with van der Waals surface area (Å²) in [6, 6.07) is 49.6. The molecular formula is C41H25BrN4. The van der Waals surface area contributed by atoms with Gasteiger partial charge in [0.15, 0.2) is 5.84 Å². The van der Waals surface area contributed by atoms with E-state index >= 15 is 0 Å². The molecule has 9 aromatic rings. The lowest BCUT2D eigenvalue weighted by Gasteiger charge is -2.24. The van der Waals surface area contributed by atoms with Gasteiger partial charge in [0.2, 0.25) is 0 Å². The number of para-hydroxylation sites is 1. The molecule has 1 aliphatic heterocycles. The van der Waals surface area contributed by atoms with Crippen LogP contribution in [0.3, 0.4) is 0 Å². The van der Waals surface area contributed by atoms with Crippen molar-refractivity contribution in [3.8, 4) is 0 Å². The minimum atomic E-state index is -0.273. The number of hydrogen-bond donors (Lipinski definition) is 1. The van der Waals surface area contributed by atoms with E-state index in [0.717, 1.165) is 37.9 Å². The van der Waals surface area contributed by atoms with Gasteiger partial charge in [-0.15, -0.1) is 0 Å². The standard InChI is InChI=1S/C41H25BrN4/c42-34-22-21-30-29-18-17-26(23-36(29)46-35-16-7-6-14-28(35)31-19-20-33(34)37(30)38(31)46)40-43-39(25-10-2-1-3-11-25)44-41(45-40)32-15-8-12-24-9-4-5-13-27(24)32/h1-23,39H,(H,43,44,45). The van der Waals surface area contributed by atoms with Crippen molar-refractivity contribution in [2.24, 2.45) is 9.98 Å². The number of halogens is 1. The van der Waals surface area contributed by atoms with Crippen LogP contribution in [0.1, 0.15) is 22.9 Å². The van der Waals surface area contributed by atoms with Gasteiger partial charge in [-0.05, 0) is 45.3 Å². The van der Waals surface area contributed by atoms with Gasteiger partial charge in [0.25, 0.3) is 0 Å². The summed E-state index contributed by atoms with van der Waals surface area (Å²) in [5.41, 5.74) is 6.73. The highest BCUT2D eigenvalue weighted by molar-refractivity contribution is 9.10. The summed E-state index contributed by atoms with van der Waals surface area (Å²) in [6.45, 7) is 0. The third-order valence-electron chi connectivity index (χ3n) is 9.45. The van der Waals surface area contributed by atoms with Crippen molar-refractivity contribution in [3.05, 3.63) is 161 Å². The summed E-state index contributed by atoms with van der Waals surface area (Å²) >= 11 is 3.83. The van der Waals surface area contributed by atoms with Crippen LogP contribution in [0.5, 0.6) is 0 Å². The second-order valence-electron chi connectivity index (χ2n) is 12.0.